The average molecular weight is 385 g/mol. The van der Waals surface area contributed by atoms with Crippen LogP contribution in [0.15, 0.2) is 42.5 Å². The van der Waals surface area contributed by atoms with E-state index in [9.17, 15) is 14.0 Å². The molecule has 0 radical (unpaired) electrons. The molecule has 1 fully saturated rings. The minimum atomic E-state index is -0.440. The normalized spacial score (nSPS) is 14.7. The Morgan fingerprint density at radius 2 is 2.04 bits per heavy atom. The smallest absolute Gasteiger partial charge is 0.322 e. The van der Waals surface area contributed by atoms with Gasteiger partial charge in [-0.3, -0.25) is 4.79 Å². The SMILES string of the molecule is COc1cc(NC(=O)N(C)C(C)c2ccccc2F)ccc1N1CCCC1=O. The molecule has 1 aliphatic rings. The monoisotopic (exact) mass is 385 g/mol. The molecule has 6 nitrogen and oxygen atoms in total. The fourth-order valence-corrected chi connectivity index (χ4v) is 3.29. The molecule has 28 heavy (non-hydrogen) atoms. The molecule has 0 saturated carbocycles. The van der Waals surface area contributed by atoms with Gasteiger partial charge in [-0.2, -0.15) is 0 Å². The summed E-state index contributed by atoms with van der Waals surface area (Å²) in [6.45, 7) is 2.42. The standard InChI is InChI=1S/C21H24FN3O3/c1-14(16-7-4-5-8-17(16)22)24(2)21(27)23-15-10-11-18(19(13-15)28-3)25-12-6-9-20(25)26/h4-5,7-8,10-11,13-14H,6,9,12H2,1-3H3,(H,23,27). The molecule has 0 aromatic heterocycles. The van der Waals surface area contributed by atoms with Gasteiger partial charge in [0.15, 0.2) is 0 Å². The molecule has 3 amide bonds. The van der Waals surface area contributed by atoms with Crippen molar-refractivity contribution in [2.24, 2.45) is 0 Å². The van der Waals surface area contributed by atoms with Crippen molar-refractivity contribution >= 4 is 23.3 Å². The molecule has 0 bridgehead atoms. The number of nitrogens with zero attached hydrogens (tertiary/aromatic N) is 2. The number of halogens is 1. The molecule has 0 spiro atoms. The van der Waals surface area contributed by atoms with Crippen LogP contribution in [0.2, 0.25) is 0 Å². The first-order valence-corrected chi connectivity index (χ1v) is 9.19. The van der Waals surface area contributed by atoms with Crippen molar-refractivity contribution in [3.8, 4) is 5.75 Å². The van der Waals surface area contributed by atoms with Gasteiger partial charge in [-0.15, -0.1) is 0 Å². The summed E-state index contributed by atoms with van der Waals surface area (Å²) in [5.74, 6) is 0.224. The zero-order chi connectivity index (χ0) is 20.3. The first-order chi connectivity index (χ1) is 13.4. The molecule has 2 aromatic rings. The second kappa shape index (κ2) is 8.29. The van der Waals surface area contributed by atoms with E-state index in [1.54, 1.807) is 55.3 Å². The van der Waals surface area contributed by atoms with Crippen molar-refractivity contribution in [2.75, 3.05) is 30.9 Å². The maximum atomic E-state index is 14.0. The third kappa shape index (κ3) is 3.93. The maximum absolute atomic E-state index is 14.0. The van der Waals surface area contributed by atoms with Gasteiger partial charge in [0.1, 0.15) is 11.6 Å². The number of methoxy groups -OCH3 is 1. The Hall–Kier alpha value is -3.09. The van der Waals surface area contributed by atoms with E-state index in [0.29, 0.717) is 35.7 Å². The molecular formula is C21H24FN3O3. The lowest BCUT2D eigenvalue weighted by Gasteiger charge is -2.26. The highest BCUT2D eigenvalue weighted by Crippen LogP contribution is 2.34. The van der Waals surface area contributed by atoms with Gasteiger partial charge in [-0.05, 0) is 31.5 Å². The predicted molar refractivity (Wildman–Crippen MR) is 106 cm³/mol. The molecule has 1 atom stereocenters. The molecule has 2 aromatic carbocycles. The summed E-state index contributed by atoms with van der Waals surface area (Å²) in [7, 11) is 3.14. The number of rotatable bonds is 5. The van der Waals surface area contributed by atoms with Crippen molar-refractivity contribution in [3.05, 3.63) is 53.8 Å². The first kappa shape index (κ1) is 19.7. The second-order valence-corrected chi connectivity index (χ2v) is 6.77. The summed E-state index contributed by atoms with van der Waals surface area (Å²) < 4.78 is 19.4. The Morgan fingerprint density at radius 3 is 2.68 bits per heavy atom. The number of carbonyl (C=O) groups is 2. The number of anilines is 2. The summed E-state index contributed by atoms with van der Waals surface area (Å²) in [6.07, 6.45) is 1.35. The molecule has 0 aliphatic carbocycles. The number of ether oxygens (including phenoxy) is 1. The minimum absolute atomic E-state index is 0.0635. The van der Waals surface area contributed by atoms with Gasteiger partial charge in [0.25, 0.3) is 0 Å². The van der Waals surface area contributed by atoms with Gasteiger partial charge in [-0.1, -0.05) is 18.2 Å². The van der Waals surface area contributed by atoms with E-state index < -0.39 is 6.04 Å². The van der Waals surface area contributed by atoms with E-state index >= 15 is 0 Å². The molecule has 1 unspecified atom stereocenters. The Kier molecular flexibility index (Phi) is 5.82. The summed E-state index contributed by atoms with van der Waals surface area (Å²) in [6, 6.07) is 10.7. The topological polar surface area (TPSA) is 61.9 Å². The number of amides is 3. The van der Waals surface area contributed by atoms with Crippen molar-refractivity contribution in [3.63, 3.8) is 0 Å². The van der Waals surface area contributed by atoms with Gasteiger partial charge in [0.05, 0.1) is 18.8 Å². The highest BCUT2D eigenvalue weighted by Gasteiger charge is 2.25. The average Bonchev–Trinajstić information content (AvgIpc) is 3.12. The summed E-state index contributed by atoms with van der Waals surface area (Å²) >= 11 is 0. The lowest BCUT2D eigenvalue weighted by Crippen LogP contribution is -2.34. The lowest BCUT2D eigenvalue weighted by molar-refractivity contribution is -0.117. The lowest BCUT2D eigenvalue weighted by atomic mass is 10.1. The highest BCUT2D eigenvalue weighted by atomic mass is 19.1. The number of urea groups is 1. The van der Waals surface area contributed by atoms with Gasteiger partial charge in [0.2, 0.25) is 5.91 Å². The zero-order valence-electron chi connectivity index (χ0n) is 16.2. The number of hydrogen-bond donors (Lipinski definition) is 1. The van der Waals surface area contributed by atoms with E-state index in [0.717, 1.165) is 6.42 Å². The van der Waals surface area contributed by atoms with E-state index in [1.807, 2.05) is 0 Å². The van der Waals surface area contributed by atoms with Crippen molar-refractivity contribution in [1.82, 2.24) is 4.90 Å². The van der Waals surface area contributed by atoms with Gasteiger partial charge < -0.3 is 19.9 Å². The highest BCUT2D eigenvalue weighted by molar-refractivity contribution is 5.97. The molecule has 1 saturated heterocycles. The van der Waals surface area contributed by atoms with Crippen LogP contribution in [-0.4, -0.2) is 37.5 Å². The van der Waals surface area contributed by atoms with Crippen LogP contribution in [0.25, 0.3) is 0 Å². The Labute approximate surface area is 163 Å². The summed E-state index contributed by atoms with van der Waals surface area (Å²) in [5, 5.41) is 2.80. The molecule has 1 aliphatic heterocycles. The Morgan fingerprint density at radius 1 is 1.29 bits per heavy atom. The van der Waals surface area contributed by atoms with Gasteiger partial charge in [0, 0.05) is 37.3 Å². The van der Waals surface area contributed by atoms with Crippen LogP contribution >= 0.6 is 0 Å². The quantitative estimate of drug-likeness (QED) is 0.840. The number of carbonyl (C=O) groups excluding carboxylic acids is 2. The maximum Gasteiger partial charge on any atom is 0.322 e. The van der Waals surface area contributed by atoms with Crippen molar-refractivity contribution in [1.29, 1.82) is 0 Å². The second-order valence-electron chi connectivity index (χ2n) is 6.77. The van der Waals surface area contributed by atoms with Crippen LogP contribution in [0.1, 0.15) is 31.4 Å². The Bertz CT molecular complexity index is 887. The molecule has 7 heteroatoms. The fraction of sp³-hybridized carbons (Fsp3) is 0.333. The third-order valence-corrected chi connectivity index (χ3v) is 5.05. The summed E-state index contributed by atoms with van der Waals surface area (Å²) in [4.78, 5) is 27.7. The van der Waals surface area contributed by atoms with Crippen LogP contribution < -0.4 is 15.0 Å². The van der Waals surface area contributed by atoms with Crippen LogP contribution in [0.4, 0.5) is 20.6 Å². The van der Waals surface area contributed by atoms with Crippen molar-refractivity contribution in [2.45, 2.75) is 25.8 Å². The first-order valence-electron chi connectivity index (χ1n) is 9.19. The molecular weight excluding hydrogens is 361 g/mol. The molecule has 148 valence electrons. The number of nitrogens with one attached hydrogen (secondary N) is 1. The van der Waals surface area contributed by atoms with Crippen LogP contribution in [0.3, 0.4) is 0 Å². The number of benzene rings is 2. The minimum Gasteiger partial charge on any atom is -0.494 e. The van der Waals surface area contributed by atoms with E-state index in [4.69, 9.17) is 4.74 Å². The third-order valence-electron chi connectivity index (χ3n) is 5.05. The summed E-state index contributed by atoms with van der Waals surface area (Å²) in [5.41, 5.74) is 1.67. The molecule has 1 heterocycles. The largest absolute Gasteiger partial charge is 0.494 e. The number of hydrogen-bond acceptors (Lipinski definition) is 3. The Balaban J connectivity index is 1.74. The van der Waals surface area contributed by atoms with E-state index in [1.165, 1.54) is 18.1 Å². The van der Waals surface area contributed by atoms with Crippen molar-refractivity contribution < 1.29 is 18.7 Å². The van der Waals surface area contributed by atoms with E-state index in [2.05, 4.69) is 5.32 Å². The van der Waals surface area contributed by atoms with Gasteiger partial charge in [-0.25, -0.2) is 9.18 Å². The predicted octanol–water partition coefficient (Wildman–Crippen LogP) is 4.19. The van der Waals surface area contributed by atoms with Crippen LogP contribution in [0.5, 0.6) is 5.75 Å². The van der Waals surface area contributed by atoms with E-state index in [-0.39, 0.29) is 17.8 Å². The fourth-order valence-electron chi connectivity index (χ4n) is 3.29. The molecule has 1 N–H and O–H groups in total. The zero-order valence-corrected chi connectivity index (χ0v) is 16.2. The molecule has 3 rings (SSSR count). The van der Waals surface area contributed by atoms with Crippen LogP contribution in [0, 0.1) is 5.82 Å². The van der Waals surface area contributed by atoms with Gasteiger partial charge >= 0.3 is 6.03 Å². The van der Waals surface area contributed by atoms with Crippen LogP contribution in [-0.2, 0) is 4.79 Å².